The quantitative estimate of drug-likeness (QED) is 0.0229. The van der Waals surface area contributed by atoms with Crippen molar-refractivity contribution in [1.82, 2.24) is 9.97 Å². The number of rotatable bonds is 27. The number of nitrogens with one attached hydrogen (secondary N) is 9. The van der Waals surface area contributed by atoms with Crippen molar-refractivity contribution in [2.75, 3.05) is 180 Å². The van der Waals surface area contributed by atoms with Gasteiger partial charge in [0.2, 0.25) is 5.91 Å². The van der Waals surface area contributed by atoms with Gasteiger partial charge in [-0.1, -0.05) is 197 Å². The Labute approximate surface area is 826 Å². The first-order valence-electron chi connectivity index (χ1n) is 47.5. The van der Waals surface area contributed by atoms with Crippen LogP contribution in [-0.4, -0.2) is 154 Å². The number of pyridine rings is 2. The van der Waals surface area contributed by atoms with Gasteiger partial charge in [-0.05, 0) is 183 Å². The molecule has 10 N–H and O–H groups in total. The SMILES string of the molecule is CC(=O)Nc1ccc(NCC(C)(C)C)cc1.CC(C)(C)CNc1ccc(N2CCOCC2)cc1.CC(C)(C)CNc1ccc2c(c1)OCCO2.CC(C)(C)CNc1nccc2ccccc12.COc1cc(NCC(C)(C)C)c(C(=O)O)cc1OC.COc1ccc(NCC(C)(C)C)c(C#N)c1.COc1ccc(NCC(C)(C)C)c(C)c1.COc1ccc(NCC(C)(C)C)cc1OCc1cccnc1. The number of aryl methyl sites for hydroxylation is 1. The third-order valence-electron chi connectivity index (χ3n) is 20.0. The Morgan fingerprint density at radius 3 is 1.36 bits per heavy atom. The molecule has 138 heavy (non-hydrogen) atoms. The number of aromatic nitrogens is 2. The minimum absolute atomic E-state index is 0.0446. The molecular weight excluding hydrogens is 1730 g/mol. The molecular formula is C113H165N13O12. The number of anilines is 10. The fraction of sp³-hybridized carbons (Fsp3) is 0.478. The highest BCUT2D eigenvalue weighted by Gasteiger charge is 2.22. The number of aromatic carboxylic acids is 1. The van der Waals surface area contributed by atoms with E-state index < -0.39 is 5.97 Å². The van der Waals surface area contributed by atoms with Crippen LogP contribution in [0.2, 0.25) is 0 Å². The van der Waals surface area contributed by atoms with Crippen LogP contribution < -0.4 is 90.6 Å². The van der Waals surface area contributed by atoms with Crippen LogP contribution in [0.15, 0.2) is 195 Å². The Morgan fingerprint density at radius 2 is 0.870 bits per heavy atom. The molecule has 0 saturated carbocycles. The molecule has 2 aliphatic heterocycles. The van der Waals surface area contributed by atoms with Crippen LogP contribution in [0.25, 0.3) is 10.8 Å². The number of carbonyl (C=O) groups excluding carboxylic acids is 1. The fourth-order valence-corrected chi connectivity index (χ4v) is 12.4. The second-order valence-electron chi connectivity index (χ2n) is 43.7. The summed E-state index contributed by atoms with van der Waals surface area (Å²) >= 11 is 0. The van der Waals surface area contributed by atoms with E-state index >= 15 is 0 Å². The molecule has 25 nitrogen and oxygen atoms in total. The van der Waals surface area contributed by atoms with Crippen LogP contribution in [0.4, 0.5) is 57.0 Å². The Morgan fingerprint density at radius 1 is 0.420 bits per heavy atom. The minimum atomic E-state index is -1.00. The molecule has 0 aliphatic carbocycles. The number of nitriles is 1. The number of hydrogen-bond donors (Lipinski definition) is 10. The lowest BCUT2D eigenvalue weighted by Crippen LogP contribution is -2.36. The summed E-state index contributed by atoms with van der Waals surface area (Å²) in [7, 11) is 7.93. The van der Waals surface area contributed by atoms with Crippen molar-refractivity contribution < 1.29 is 57.3 Å². The summed E-state index contributed by atoms with van der Waals surface area (Å²) < 4.78 is 48.2. The van der Waals surface area contributed by atoms with E-state index in [1.54, 1.807) is 45.9 Å². The highest BCUT2D eigenvalue weighted by Crippen LogP contribution is 2.38. The molecule has 8 aromatic carbocycles. The van der Waals surface area contributed by atoms with Crippen molar-refractivity contribution in [2.24, 2.45) is 43.3 Å². The van der Waals surface area contributed by atoms with Gasteiger partial charge in [-0.25, -0.2) is 9.78 Å². The van der Waals surface area contributed by atoms with Gasteiger partial charge in [0, 0.05) is 166 Å². The predicted octanol–water partition coefficient (Wildman–Crippen LogP) is 26.2. The highest BCUT2D eigenvalue weighted by molar-refractivity contribution is 5.96. The Kier molecular flexibility index (Phi) is 46.7. The summed E-state index contributed by atoms with van der Waals surface area (Å²) in [6, 6.07) is 59.4. The molecule has 1 amide bonds. The number of nitrogens with zero attached hydrogens (tertiary/aromatic N) is 4. The molecule has 12 rings (SSSR count). The number of ether oxygens (including phenoxy) is 9. The van der Waals surface area contributed by atoms with Gasteiger partial charge >= 0.3 is 5.97 Å². The van der Waals surface area contributed by atoms with E-state index in [0.29, 0.717) is 65.7 Å². The van der Waals surface area contributed by atoms with Crippen LogP contribution in [0.1, 0.15) is 200 Å². The Balaban J connectivity index is 0.000000279. The van der Waals surface area contributed by atoms with E-state index in [2.05, 4.69) is 290 Å². The first kappa shape index (κ1) is 116. The van der Waals surface area contributed by atoms with E-state index in [-0.39, 0.29) is 44.0 Å². The fourth-order valence-electron chi connectivity index (χ4n) is 12.4. The summed E-state index contributed by atoms with van der Waals surface area (Å²) in [6.45, 7) is 68.6. The second kappa shape index (κ2) is 55.6. The summed E-state index contributed by atoms with van der Waals surface area (Å²) in [6.07, 6.45) is 5.41. The van der Waals surface area contributed by atoms with Gasteiger partial charge < -0.3 is 100 Å². The van der Waals surface area contributed by atoms with Gasteiger partial charge in [-0.2, -0.15) is 5.26 Å². The Bertz CT molecular complexity index is 5310. The van der Waals surface area contributed by atoms with E-state index in [1.165, 1.54) is 60.6 Å². The number of morpholine rings is 1. The number of carbonyl (C=O) groups is 2. The molecule has 10 aromatic rings. The average molecular weight is 1900 g/mol. The molecule has 25 heteroatoms. The largest absolute Gasteiger partial charge is 0.497 e. The summed E-state index contributed by atoms with van der Waals surface area (Å²) in [5, 5.41) is 50.4. The van der Waals surface area contributed by atoms with Crippen LogP contribution in [0.3, 0.4) is 0 Å². The van der Waals surface area contributed by atoms with Gasteiger partial charge in [-0.15, -0.1) is 0 Å². The summed E-state index contributed by atoms with van der Waals surface area (Å²) in [5.41, 5.74) is 13.9. The van der Waals surface area contributed by atoms with Gasteiger partial charge in [0.1, 0.15) is 43.2 Å². The molecule has 0 unspecified atom stereocenters. The lowest BCUT2D eigenvalue weighted by molar-refractivity contribution is -0.114. The van der Waals surface area contributed by atoms with Crippen molar-refractivity contribution in [1.29, 1.82) is 5.26 Å². The molecule has 2 aromatic heterocycles. The molecule has 0 spiro atoms. The van der Waals surface area contributed by atoms with E-state index in [4.69, 9.17) is 47.9 Å². The normalized spacial score (nSPS) is 12.3. The van der Waals surface area contributed by atoms with E-state index in [0.717, 1.165) is 141 Å². The van der Waals surface area contributed by atoms with Crippen molar-refractivity contribution >= 4 is 79.7 Å². The van der Waals surface area contributed by atoms with Crippen molar-refractivity contribution in [2.45, 2.75) is 187 Å². The van der Waals surface area contributed by atoms with Gasteiger partial charge in [0.05, 0.1) is 71.3 Å². The third-order valence-corrected chi connectivity index (χ3v) is 20.0. The second-order valence-corrected chi connectivity index (χ2v) is 43.7. The number of benzene rings is 8. The van der Waals surface area contributed by atoms with Crippen LogP contribution in [-0.2, 0) is 16.1 Å². The zero-order valence-corrected chi connectivity index (χ0v) is 88.8. The van der Waals surface area contributed by atoms with Crippen LogP contribution >= 0.6 is 0 Å². The minimum Gasteiger partial charge on any atom is -0.497 e. The maximum Gasteiger partial charge on any atom is 0.337 e. The van der Waals surface area contributed by atoms with E-state index in [9.17, 15) is 14.7 Å². The number of methoxy groups -OCH3 is 5. The van der Waals surface area contributed by atoms with Gasteiger partial charge in [0.25, 0.3) is 0 Å². The number of amides is 1. The molecule has 754 valence electrons. The summed E-state index contributed by atoms with van der Waals surface area (Å²) in [4.78, 5) is 33.0. The van der Waals surface area contributed by atoms with Crippen LogP contribution in [0.5, 0.6) is 46.0 Å². The van der Waals surface area contributed by atoms with Crippen molar-refractivity contribution in [3.63, 3.8) is 0 Å². The lowest BCUT2D eigenvalue weighted by atomic mass is 9.96. The molecule has 2 aliphatic rings. The number of carboxylic acids is 1. The van der Waals surface area contributed by atoms with Crippen molar-refractivity contribution in [3.05, 3.63) is 217 Å². The predicted molar refractivity (Wildman–Crippen MR) is 576 cm³/mol. The average Bonchev–Trinajstić information content (AvgIpc) is 0.856. The standard InChI is InChI=1S/C18H24N2O2.C15H24N2O.C14H18N2.C14H21NO4.C13H20N2O.C13H18N2O.C13H19NO2.C13H21NO/c1-18(2,3)13-20-15-7-8-16(21-4)17(10-15)22-12-14-6-5-9-19-11-14;1-15(2,3)12-16-13-4-6-14(7-5-13)17-8-10-18-11-9-17;1-14(2,3)10-16-13-12-7-5-4-6-11(12)8-9-15-13;1-14(2,3)8-15-10-7-12(19-5)11(18-4)6-9(10)13(16)17;1-10(16)15-12-7-5-11(6-8-12)14-9-13(2,3)4;1-13(2,3)9-15-12-6-5-11(16-4)7-10(12)8-14;1-13(2,3)9-14-10-4-5-11-12(8-10)16-7-6-15-11;1-10-8-11(15-5)6-7-12(10)14-9-13(2,3)4/h5-11,20H,12-13H2,1-4H3;4-7,16H,8-12H2,1-3H3;4-9H,10H2,1-3H3,(H,15,16);6-7,15H,8H2,1-5H3,(H,16,17);5-8,14H,9H2,1-4H3,(H,15,16);5-7,15H,9H2,1-4H3;4-5,8,14H,6-7,9H2,1-3H3;6-8,14H,9H2,1-5H3. The van der Waals surface area contributed by atoms with Gasteiger partial charge in [-0.3, -0.25) is 9.78 Å². The maximum atomic E-state index is 11.3. The molecule has 1 fully saturated rings. The zero-order chi connectivity index (χ0) is 103. The number of hydrogen-bond acceptors (Lipinski definition) is 23. The van der Waals surface area contributed by atoms with E-state index in [1.807, 2.05) is 115 Å². The smallest absolute Gasteiger partial charge is 0.337 e. The van der Waals surface area contributed by atoms with Crippen LogP contribution in [0, 0.1) is 61.6 Å². The zero-order valence-electron chi connectivity index (χ0n) is 88.8. The number of carboxylic acid groups (broad SMARTS) is 1. The topological polar surface area (TPSA) is 299 Å². The monoisotopic (exact) mass is 1900 g/mol. The Hall–Kier alpha value is -12.7. The first-order chi connectivity index (χ1) is 64.7. The first-order valence-corrected chi connectivity index (χ1v) is 47.5. The molecule has 0 bridgehead atoms. The maximum absolute atomic E-state index is 11.3. The highest BCUT2D eigenvalue weighted by atomic mass is 16.6. The molecule has 0 atom stereocenters. The lowest BCUT2D eigenvalue weighted by Gasteiger charge is -2.29. The molecule has 4 heterocycles. The van der Waals surface area contributed by atoms with Gasteiger partial charge in [0.15, 0.2) is 34.5 Å². The third kappa shape index (κ3) is 47.9. The molecule has 1 saturated heterocycles. The van der Waals surface area contributed by atoms with Crippen molar-refractivity contribution in [3.8, 4) is 52.1 Å². The molecule has 0 radical (unpaired) electrons. The summed E-state index contributed by atoms with van der Waals surface area (Å²) in [5.74, 6) is 5.59. The number of fused-ring (bicyclic) bond motifs is 2.